The number of hydrogen-bond acceptors (Lipinski definition) is 0. The molecular weight excluding hydrogens is 272 g/mol. The largest absolute Gasteiger partial charge is 0.0887 e. The predicted octanol–water partition coefficient (Wildman–Crippen LogP) is 5.27. The first kappa shape index (κ1) is 14.8. The zero-order valence-corrected chi connectivity index (χ0v) is 13.6. The molecule has 1 atom stereocenters. The van der Waals surface area contributed by atoms with Gasteiger partial charge in [-0.15, -0.1) is 0 Å². The molecule has 0 saturated heterocycles. The van der Waals surface area contributed by atoms with E-state index in [1.54, 1.807) is 5.56 Å². The van der Waals surface area contributed by atoms with E-state index in [2.05, 4.69) is 63.5 Å². The summed E-state index contributed by atoms with van der Waals surface area (Å²) >= 11 is 3.83. The Balaban J connectivity index is 2.97. The first-order valence-electron chi connectivity index (χ1n) is 6.53. The molecule has 1 rings (SSSR count). The lowest BCUT2D eigenvalue weighted by molar-refractivity contribution is 0.570. The normalized spacial score (nSPS) is 13.2. The van der Waals surface area contributed by atoms with Crippen molar-refractivity contribution in [1.82, 2.24) is 0 Å². The molecule has 0 aromatic heterocycles. The van der Waals surface area contributed by atoms with Crippen LogP contribution in [0.15, 0.2) is 6.07 Å². The van der Waals surface area contributed by atoms with E-state index in [0.717, 1.165) is 12.3 Å². The molecule has 0 amide bonds. The molecule has 1 unspecified atom stereocenters. The zero-order chi connectivity index (χ0) is 13.2. The van der Waals surface area contributed by atoms with E-state index >= 15 is 0 Å². The predicted molar refractivity (Wildman–Crippen MR) is 81.3 cm³/mol. The second-order valence-corrected chi connectivity index (χ2v) is 6.96. The molecule has 0 bridgehead atoms. The highest BCUT2D eigenvalue weighted by Gasteiger charge is 2.13. The summed E-state index contributed by atoms with van der Waals surface area (Å²) < 4.78 is 0. The van der Waals surface area contributed by atoms with E-state index in [0.29, 0.717) is 4.83 Å². The van der Waals surface area contributed by atoms with Crippen molar-refractivity contribution in [3.05, 3.63) is 33.9 Å². The molecule has 0 saturated carbocycles. The number of hydrogen-bond donors (Lipinski definition) is 0. The van der Waals surface area contributed by atoms with Gasteiger partial charge in [-0.2, -0.15) is 0 Å². The van der Waals surface area contributed by atoms with E-state index < -0.39 is 0 Å². The minimum atomic E-state index is 0.598. The van der Waals surface area contributed by atoms with Crippen molar-refractivity contribution < 1.29 is 0 Å². The van der Waals surface area contributed by atoms with Gasteiger partial charge in [0.1, 0.15) is 0 Å². The molecule has 0 radical (unpaired) electrons. The molecule has 0 spiro atoms. The molecule has 0 aliphatic carbocycles. The van der Waals surface area contributed by atoms with Crippen molar-refractivity contribution in [3.63, 3.8) is 0 Å². The number of alkyl halides is 1. The Hall–Kier alpha value is -0.300. The molecule has 0 aliphatic rings. The summed E-state index contributed by atoms with van der Waals surface area (Å²) in [6.45, 7) is 13.5. The number of aryl methyl sites for hydroxylation is 2. The first-order chi connectivity index (χ1) is 7.82. The third-order valence-corrected chi connectivity index (χ3v) is 4.37. The van der Waals surface area contributed by atoms with Crippen molar-refractivity contribution in [1.29, 1.82) is 0 Å². The molecule has 1 aromatic rings. The Bertz CT molecular complexity index is 365. The van der Waals surface area contributed by atoms with Crippen LogP contribution in [-0.4, -0.2) is 4.83 Å². The summed E-state index contributed by atoms with van der Waals surface area (Å²) in [5, 5.41) is 0. The third-order valence-electron chi connectivity index (χ3n) is 3.67. The summed E-state index contributed by atoms with van der Waals surface area (Å²) in [6.07, 6.45) is 2.39. The Morgan fingerprint density at radius 2 is 1.47 bits per heavy atom. The van der Waals surface area contributed by atoms with Crippen LogP contribution < -0.4 is 0 Å². The van der Waals surface area contributed by atoms with Gasteiger partial charge in [-0.3, -0.25) is 0 Å². The highest BCUT2D eigenvalue weighted by Crippen LogP contribution is 2.26. The fraction of sp³-hybridized carbons (Fsp3) is 0.625. The third kappa shape index (κ3) is 3.84. The van der Waals surface area contributed by atoms with Gasteiger partial charge in [0.2, 0.25) is 0 Å². The van der Waals surface area contributed by atoms with E-state index in [4.69, 9.17) is 0 Å². The topological polar surface area (TPSA) is 0 Å². The SMILES string of the molecule is Cc1cc(C)c(C)c(CC(Br)CC(C)C)c1C. The van der Waals surface area contributed by atoms with Crippen LogP contribution in [0.5, 0.6) is 0 Å². The van der Waals surface area contributed by atoms with Crippen LogP contribution in [0, 0.1) is 33.6 Å². The minimum absolute atomic E-state index is 0.598. The average Bonchev–Trinajstić information content (AvgIpc) is 2.20. The van der Waals surface area contributed by atoms with E-state index in [9.17, 15) is 0 Å². The molecular formula is C16H25Br. The lowest BCUT2D eigenvalue weighted by Gasteiger charge is -2.19. The van der Waals surface area contributed by atoms with Crippen molar-refractivity contribution in [3.8, 4) is 0 Å². The molecule has 96 valence electrons. The van der Waals surface area contributed by atoms with Crippen LogP contribution in [0.3, 0.4) is 0 Å². The maximum absolute atomic E-state index is 3.83. The van der Waals surface area contributed by atoms with Crippen LogP contribution in [0.4, 0.5) is 0 Å². The van der Waals surface area contributed by atoms with Crippen LogP contribution in [0.25, 0.3) is 0 Å². The van der Waals surface area contributed by atoms with Gasteiger partial charge in [-0.25, -0.2) is 0 Å². The Morgan fingerprint density at radius 3 is 1.88 bits per heavy atom. The number of halogens is 1. The summed E-state index contributed by atoms with van der Waals surface area (Å²) in [4.78, 5) is 0.598. The molecule has 0 fully saturated rings. The fourth-order valence-electron chi connectivity index (χ4n) is 2.42. The Kier molecular flexibility index (Phi) is 5.24. The van der Waals surface area contributed by atoms with Gasteiger partial charge in [0.05, 0.1) is 0 Å². The van der Waals surface area contributed by atoms with Gasteiger partial charge in [-0.1, -0.05) is 35.8 Å². The summed E-state index contributed by atoms with van der Waals surface area (Å²) in [5.74, 6) is 0.755. The molecule has 1 heteroatoms. The molecule has 1 aromatic carbocycles. The van der Waals surface area contributed by atoms with Gasteiger partial charge < -0.3 is 0 Å². The van der Waals surface area contributed by atoms with Gasteiger partial charge in [0.15, 0.2) is 0 Å². The highest BCUT2D eigenvalue weighted by molar-refractivity contribution is 9.09. The maximum atomic E-state index is 3.83. The smallest absolute Gasteiger partial charge is 0.0188 e. The van der Waals surface area contributed by atoms with Gasteiger partial charge in [-0.05, 0) is 74.3 Å². The van der Waals surface area contributed by atoms with Crippen molar-refractivity contribution in [2.45, 2.75) is 59.2 Å². The van der Waals surface area contributed by atoms with Crippen LogP contribution in [0.1, 0.15) is 48.1 Å². The fourth-order valence-corrected chi connectivity index (χ4v) is 3.49. The van der Waals surface area contributed by atoms with Crippen LogP contribution in [0.2, 0.25) is 0 Å². The summed E-state index contributed by atoms with van der Waals surface area (Å²) in [7, 11) is 0. The summed E-state index contributed by atoms with van der Waals surface area (Å²) in [6, 6.07) is 2.31. The van der Waals surface area contributed by atoms with Crippen molar-refractivity contribution >= 4 is 15.9 Å². The van der Waals surface area contributed by atoms with E-state index in [1.807, 2.05) is 0 Å². The molecule has 0 N–H and O–H groups in total. The molecule has 17 heavy (non-hydrogen) atoms. The molecule has 0 aliphatic heterocycles. The number of benzene rings is 1. The zero-order valence-electron chi connectivity index (χ0n) is 12.0. The van der Waals surface area contributed by atoms with Gasteiger partial charge >= 0.3 is 0 Å². The number of rotatable bonds is 4. The van der Waals surface area contributed by atoms with Gasteiger partial charge in [0, 0.05) is 4.83 Å². The maximum Gasteiger partial charge on any atom is 0.0188 e. The standard InChI is InChI=1S/C16H25Br/c1-10(2)7-15(17)9-16-13(5)11(3)8-12(4)14(16)6/h8,10,15H,7,9H2,1-6H3. The quantitative estimate of drug-likeness (QED) is 0.664. The van der Waals surface area contributed by atoms with Crippen molar-refractivity contribution in [2.24, 2.45) is 5.92 Å². The van der Waals surface area contributed by atoms with Crippen LogP contribution >= 0.6 is 15.9 Å². The van der Waals surface area contributed by atoms with Gasteiger partial charge in [0.25, 0.3) is 0 Å². The second-order valence-electron chi connectivity index (χ2n) is 5.67. The van der Waals surface area contributed by atoms with Crippen LogP contribution in [-0.2, 0) is 6.42 Å². The lowest BCUT2D eigenvalue weighted by Crippen LogP contribution is -2.10. The minimum Gasteiger partial charge on any atom is -0.0887 e. The lowest BCUT2D eigenvalue weighted by atomic mass is 9.90. The first-order valence-corrected chi connectivity index (χ1v) is 7.44. The Morgan fingerprint density at radius 1 is 1.00 bits per heavy atom. The van der Waals surface area contributed by atoms with E-state index in [-0.39, 0.29) is 0 Å². The average molecular weight is 297 g/mol. The Labute approximate surface area is 115 Å². The van der Waals surface area contributed by atoms with E-state index in [1.165, 1.54) is 28.7 Å². The molecule has 0 heterocycles. The monoisotopic (exact) mass is 296 g/mol. The summed E-state index contributed by atoms with van der Waals surface area (Å²) in [5.41, 5.74) is 7.34. The highest BCUT2D eigenvalue weighted by atomic mass is 79.9. The van der Waals surface area contributed by atoms with Crippen molar-refractivity contribution in [2.75, 3.05) is 0 Å². The second kappa shape index (κ2) is 6.04. The molecule has 0 nitrogen and oxygen atoms in total.